The average Bonchev–Trinajstić information content (AvgIpc) is 2.48. The Kier molecular flexibility index (Phi) is 4.74. The second-order valence-electron chi connectivity index (χ2n) is 5.39. The zero-order valence-corrected chi connectivity index (χ0v) is 10.3. The van der Waals surface area contributed by atoms with E-state index < -0.39 is 11.6 Å². The summed E-state index contributed by atoms with van der Waals surface area (Å²) in [6, 6.07) is 0. The summed E-state index contributed by atoms with van der Waals surface area (Å²) in [5.41, 5.74) is -0.648. The van der Waals surface area contributed by atoms with E-state index >= 15 is 0 Å². The lowest BCUT2D eigenvalue weighted by molar-refractivity contribution is -0.139. The van der Waals surface area contributed by atoms with Crippen molar-refractivity contribution in [1.82, 2.24) is 4.90 Å². The van der Waals surface area contributed by atoms with Gasteiger partial charge >= 0.3 is 5.97 Å². The Morgan fingerprint density at radius 2 is 1.94 bits per heavy atom. The number of rotatable bonds is 6. The lowest BCUT2D eigenvalue weighted by Gasteiger charge is -2.31. The summed E-state index contributed by atoms with van der Waals surface area (Å²) in [6.45, 7) is 5.38. The molecule has 0 aromatic heterocycles. The molecule has 0 atom stereocenters. The Morgan fingerprint density at radius 1 is 1.38 bits per heavy atom. The summed E-state index contributed by atoms with van der Waals surface area (Å²) in [5, 5.41) is 19.1. The van der Waals surface area contributed by atoms with Crippen molar-refractivity contribution in [1.29, 1.82) is 0 Å². The van der Waals surface area contributed by atoms with Crippen LogP contribution in [-0.4, -0.2) is 46.3 Å². The highest BCUT2D eigenvalue weighted by atomic mass is 16.4. The van der Waals surface area contributed by atoms with Gasteiger partial charge in [0.15, 0.2) is 0 Å². The molecule has 0 aliphatic heterocycles. The normalized spacial score (nSPS) is 19.6. The van der Waals surface area contributed by atoms with E-state index in [1.54, 1.807) is 0 Å². The van der Waals surface area contributed by atoms with Gasteiger partial charge in [0.25, 0.3) is 0 Å². The molecule has 0 aromatic carbocycles. The molecule has 4 nitrogen and oxygen atoms in total. The SMILES string of the molecule is CC(C)CN(CC(=O)O)CC1(O)CCCC1. The number of carboxylic acid groups (broad SMARTS) is 1. The molecular formula is C12H23NO3. The van der Waals surface area contributed by atoms with Crippen molar-refractivity contribution in [2.45, 2.75) is 45.1 Å². The maximum Gasteiger partial charge on any atom is 0.317 e. The predicted octanol–water partition coefficient (Wildman–Crippen LogP) is 1.33. The third kappa shape index (κ3) is 4.49. The van der Waals surface area contributed by atoms with Crippen LogP contribution in [0.25, 0.3) is 0 Å². The largest absolute Gasteiger partial charge is 0.480 e. The van der Waals surface area contributed by atoms with Crippen LogP contribution in [0.4, 0.5) is 0 Å². The topological polar surface area (TPSA) is 60.8 Å². The Morgan fingerprint density at radius 3 is 2.38 bits per heavy atom. The van der Waals surface area contributed by atoms with Gasteiger partial charge in [0.05, 0.1) is 12.1 Å². The minimum Gasteiger partial charge on any atom is -0.480 e. The van der Waals surface area contributed by atoms with Gasteiger partial charge in [-0.3, -0.25) is 9.69 Å². The smallest absolute Gasteiger partial charge is 0.317 e. The number of aliphatic hydroxyl groups is 1. The maximum absolute atomic E-state index is 10.7. The van der Waals surface area contributed by atoms with Crippen LogP contribution in [0.5, 0.6) is 0 Å². The van der Waals surface area contributed by atoms with Gasteiger partial charge in [0.1, 0.15) is 0 Å². The first kappa shape index (κ1) is 13.5. The third-order valence-electron chi connectivity index (χ3n) is 3.03. The molecule has 1 aliphatic rings. The number of carboxylic acids is 1. The molecule has 4 heteroatoms. The fraction of sp³-hybridized carbons (Fsp3) is 0.917. The van der Waals surface area contributed by atoms with Crippen molar-refractivity contribution in [2.75, 3.05) is 19.6 Å². The Bertz CT molecular complexity index is 234. The molecule has 0 unspecified atom stereocenters. The van der Waals surface area contributed by atoms with E-state index in [1.165, 1.54) is 0 Å². The number of aliphatic carboxylic acids is 1. The van der Waals surface area contributed by atoms with Crippen LogP contribution in [0.1, 0.15) is 39.5 Å². The minimum absolute atomic E-state index is 0.0283. The first-order chi connectivity index (χ1) is 7.41. The van der Waals surface area contributed by atoms with Gasteiger partial charge in [0, 0.05) is 13.1 Å². The number of hydrogen-bond acceptors (Lipinski definition) is 3. The van der Waals surface area contributed by atoms with Gasteiger partial charge in [-0.1, -0.05) is 26.7 Å². The van der Waals surface area contributed by atoms with Crippen molar-refractivity contribution in [2.24, 2.45) is 5.92 Å². The van der Waals surface area contributed by atoms with Gasteiger partial charge in [0.2, 0.25) is 0 Å². The molecule has 0 radical (unpaired) electrons. The molecule has 0 aromatic rings. The van der Waals surface area contributed by atoms with Crippen LogP contribution in [-0.2, 0) is 4.79 Å². The van der Waals surface area contributed by atoms with Crippen LogP contribution in [0.2, 0.25) is 0 Å². The van der Waals surface area contributed by atoms with Crippen LogP contribution >= 0.6 is 0 Å². The maximum atomic E-state index is 10.7. The van der Waals surface area contributed by atoms with Gasteiger partial charge in [-0.15, -0.1) is 0 Å². The summed E-state index contributed by atoms with van der Waals surface area (Å²) in [6.07, 6.45) is 3.72. The zero-order valence-electron chi connectivity index (χ0n) is 10.3. The summed E-state index contributed by atoms with van der Waals surface area (Å²) in [5.74, 6) is -0.397. The molecule has 0 saturated heterocycles. The summed E-state index contributed by atoms with van der Waals surface area (Å²) < 4.78 is 0. The molecule has 94 valence electrons. The molecule has 0 amide bonds. The van der Waals surface area contributed by atoms with E-state index in [1.807, 2.05) is 4.90 Å². The first-order valence-electron chi connectivity index (χ1n) is 6.08. The first-order valence-corrected chi connectivity index (χ1v) is 6.08. The molecule has 0 spiro atoms. The van der Waals surface area contributed by atoms with Crippen molar-refractivity contribution >= 4 is 5.97 Å². The van der Waals surface area contributed by atoms with Crippen molar-refractivity contribution in [3.63, 3.8) is 0 Å². The Labute approximate surface area is 97.3 Å². The standard InChI is InChI=1S/C12H23NO3/c1-10(2)7-13(8-11(14)15)9-12(16)5-3-4-6-12/h10,16H,3-9H2,1-2H3,(H,14,15). The fourth-order valence-corrected chi connectivity index (χ4v) is 2.50. The van der Waals surface area contributed by atoms with Crippen LogP contribution in [0.15, 0.2) is 0 Å². The molecule has 1 rings (SSSR count). The summed E-state index contributed by atoms with van der Waals surface area (Å²) in [4.78, 5) is 12.6. The van der Waals surface area contributed by atoms with E-state index in [9.17, 15) is 9.90 Å². The highest BCUT2D eigenvalue weighted by molar-refractivity contribution is 5.69. The highest BCUT2D eigenvalue weighted by Gasteiger charge is 2.33. The monoisotopic (exact) mass is 229 g/mol. The number of hydrogen-bond donors (Lipinski definition) is 2. The average molecular weight is 229 g/mol. The Hall–Kier alpha value is -0.610. The highest BCUT2D eigenvalue weighted by Crippen LogP contribution is 2.30. The zero-order chi connectivity index (χ0) is 12.2. The summed E-state index contributed by atoms with van der Waals surface area (Å²) >= 11 is 0. The van der Waals surface area contributed by atoms with E-state index in [-0.39, 0.29) is 6.54 Å². The number of nitrogens with zero attached hydrogens (tertiary/aromatic N) is 1. The van der Waals surface area contributed by atoms with Gasteiger partial charge in [-0.05, 0) is 18.8 Å². The van der Waals surface area contributed by atoms with Gasteiger partial charge in [-0.25, -0.2) is 0 Å². The van der Waals surface area contributed by atoms with E-state index in [0.29, 0.717) is 12.5 Å². The quantitative estimate of drug-likeness (QED) is 0.721. The third-order valence-corrected chi connectivity index (χ3v) is 3.03. The van der Waals surface area contributed by atoms with Gasteiger partial charge in [-0.2, -0.15) is 0 Å². The molecule has 1 saturated carbocycles. The molecular weight excluding hydrogens is 206 g/mol. The van der Waals surface area contributed by atoms with Crippen LogP contribution in [0, 0.1) is 5.92 Å². The van der Waals surface area contributed by atoms with E-state index in [2.05, 4.69) is 13.8 Å². The molecule has 1 fully saturated rings. The lowest BCUT2D eigenvalue weighted by Crippen LogP contribution is -2.44. The second kappa shape index (κ2) is 5.64. The van der Waals surface area contributed by atoms with Crippen LogP contribution < -0.4 is 0 Å². The van der Waals surface area contributed by atoms with E-state index in [4.69, 9.17) is 5.11 Å². The Balaban J connectivity index is 2.51. The lowest BCUT2D eigenvalue weighted by atomic mass is 10.0. The van der Waals surface area contributed by atoms with E-state index in [0.717, 1.165) is 32.2 Å². The minimum atomic E-state index is -0.817. The summed E-state index contributed by atoms with van der Waals surface area (Å²) in [7, 11) is 0. The van der Waals surface area contributed by atoms with Crippen LogP contribution in [0.3, 0.4) is 0 Å². The second-order valence-corrected chi connectivity index (χ2v) is 5.39. The fourth-order valence-electron chi connectivity index (χ4n) is 2.50. The number of carbonyl (C=O) groups is 1. The van der Waals surface area contributed by atoms with Crippen molar-refractivity contribution < 1.29 is 15.0 Å². The van der Waals surface area contributed by atoms with Gasteiger partial charge < -0.3 is 10.2 Å². The molecule has 1 aliphatic carbocycles. The molecule has 2 N–H and O–H groups in total. The molecule has 0 bridgehead atoms. The van der Waals surface area contributed by atoms with Crippen molar-refractivity contribution in [3.8, 4) is 0 Å². The molecule has 16 heavy (non-hydrogen) atoms. The predicted molar refractivity (Wildman–Crippen MR) is 62.3 cm³/mol. The van der Waals surface area contributed by atoms with Crippen molar-refractivity contribution in [3.05, 3.63) is 0 Å². The molecule has 0 heterocycles.